The van der Waals surface area contributed by atoms with Gasteiger partial charge in [0.25, 0.3) is 0 Å². The summed E-state index contributed by atoms with van der Waals surface area (Å²) in [5.41, 5.74) is 7.68. The highest BCUT2D eigenvalue weighted by molar-refractivity contribution is 8.01. The Morgan fingerprint density at radius 2 is 2.06 bits per heavy atom. The number of hydrogen-bond donors (Lipinski definition) is 1. The minimum atomic E-state index is -0.0000926. The average Bonchev–Trinajstić information content (AvgIpc) is 2.84. The molecule has 1 unspecified atom stereocenters. The van der Waals surface area contributed by atoms with E-state index in [1.165, 1.54) is 12.8 Å². The lowest BCUT2D eigenvalue weighted by molar-refractivity contribution is -0.118. The van der Waals surface area contributed by atoms with E-state index in [4.69, 9.17) is 5.73 Å². The Labute approximate surface area is 112 Å². The lowest BCUT2D eigenvalue weighted by Gasteiger charge is -2.36. The predicted octanol–water partition coefficient (Wildman–Crippen LogP) is 3.04. The molecule has 1 atom stereocenters. The van der Waals surface area contributed by atoms with Crippen LogP contribution in [-0.4, -0.2) is 17.2 Å². The number of thioether (sulfide) groups is 1. The summed E-state index contributed by atoms with van der Waals surface area (Å²) in [6, 6.07) is 6.28. The van der Waals surface area contributed by atoms with Gasteiger partial charge in [-0.2, -0.15) is 0 Å². The fourth-order valence-corrected chi connectivity index (χ4v) is 4.01. The quantitative estimate of drug-likeness (QED) is 0.791. The van der Waals surface area contributed by atoms with E-state index in [-0.39, 0.29) is 11.2 Å². The van der Waals surface area contributed by atoms with E-state index < -0.39 is 0 Å². The number of fused-ring (bicyclic) bond motifs is 1. The molecule has 0 bridgehead atoms. The Bertz CT molecular complexity index is 483. The van der Waals surface area contributed by atoms with Gasteiger partial charge >= 0.3 is 0 Å². The molecule has 3 nitrogen and oxygen atoms in total. The van der Waals surface area contributed by atoms with Crippen LogP contribution in [0.2, 0.25) is 0 Å². The molecule has 0 radical (unpaired) electrons. The first-order valence-electron chi connectivity index (χ1n) is 6.56. The van der Waals surface area contributed by atoms with Gasteiger partial charge < -0.3 is 10.6 Å². The summed E-state index contributed by atoms with van der Waals surface area (Å²) in [6.45, 7) is 1.99. The van der Waals surface area contributed by atoms with Gasteiger partial charge in [-0.3, -0.25) is 4.79 Å². The molecular formula is C14H18N2OS. The number of carbonyl (C=O) groups is 1. The molecule has 18 heavy (non-hydrogen) atoms. The molecule has 1 aromatic rings. The monoisotopic (exact) mass is 262 g/mol. The van der Waals surface area contributed by atoms with Crippen molar-refractivity contribution in [3.63, 3.8) is 0 Å². The van der Waals surface area contributed by atoms with Crippen LogP contribution in [0.5, 0.6) is 0 Å². The first-order valence-corrected chi connectivity index (χ1v) is 7.44. The van der Waals surface area contributed by atoms with Crippen LogP contribution in [0.1, 0.15) is 32.6 Å². The number of nitrogen functional groups attached to an aromatic ring is 1. The molecule has 1 aliphatic carbocycles. The van der Waals surface area contributed by atoms with Gasteiger partial charge in [-0.15, -0.1) is 11.8 Å². The summed E-state index contributed by atoms with van der Waals surface area (Å²) in [7, 11) is 0. The van der Waals surface area contributed by atoms with Crippen molar-refractivity contribution in [3.05, 3.63) is 18.2 Å². The molecule has 2 N–H and O–H groups in total. The van der Waals surface area contributed by atoms with Gasteiger partial charge in [-0.05, 0) is 38.0 Å². The van der Waals surface area contributed by atoms with Crippen molar-refractivity contribution in [1.29, 1.82) is 0 Å². The van der Waals surface area contributed by atoms with Crippen LogP contribution in [-0.2, 0) is 4.79 Å². The van der Waals surface area contributed by atoms with Crippen molar-refractivity contribution in [1.82, 2.24) is 0 Å². The molecule has 4 heteroatoms. The van der Waals surface area contributed by atoms with E-state index in [0.29, 0.717) is 6.04 Å². The van der Waals surface area contributed by atoms with Crippen molar-refractivity contribution in [2.75, 3.05) is 10.6 Å². The van der Waals surface area contributed by atoms with Gasteiger partial charge in [0.2, 0.25) is 5.91 Å². The maximum Gasteiger partial charge on any atom is 0.240 e. The van der Waals surface area contributed by atoms with Crippen LogP contribution < -0.4 is 10.6 Å². The molecule has 1 aliphatic heterocycles. The molecule has 3 rings (SSSR count). The number of nitrogens with two attached hydrogens (primary N) is 1. The SMILES string of the molecule is CC1Sc2cc(N)ccc2N(C2CCCC2)C1=O. The van der Waals surface area contributed by atoms with E-state index in [2.05, 4.69) is 0 Å². The number of amides is 1. The third-order valence-electron chi connectivity index (χ3n) is 3.82. The molecule has 0 saturated heterocycles. The molecule has 0 spiro atoms. The highest BCUT2D eigenvalue weighted by Gasteiger charge is 2.36. The van der Waals surface area contributed by atoms with Crippen molar-refractivity contribution in [2.24, 2.45) is 0 Å². The van der Waals surface area contributed by atoms with Crippen LogP contribution in [0.25, 0.3) is 0 Å². The van der Waals surface area contributed by atoms with Gasteiger partial charge in [0.05, 0.1) is 10.9 Å². The molecule has 1 fully saturated rings. The smallest absolute Gasteiger partial charge is 0.240 e. The molecule has 1 heterocycles. The van der Waals surface area contributed by atoms with Gasteiger partial charge in [-0.25, -0.2) is 0 Å². The minimum Gasteiger partial charge on any atom is -0.399 e. The van der Waals surface area contributed by atoms with Crippen molar-refractivity contribution >= 4 is 29.0 Å². The topological polar surface area (TPSA) is 46.3 Å². The second kappa shape index (κ2) is 4.50. The predicted molar refractivity (Wildman–Crippen MR) is 75.9 cm³/mol. The average molecular weight is 262 g/mol. The third kappa shape index (κ3) is 1.88. The van der Waals surface area contributed by atoms with E-state index >= 15 is 0 Å². The largest absolute Gasteiger partial charge is 0.399 e. The van der Waals surface area contributed by atoms with E-state index in [9.17, 15) is 4.79 Å². The van der Waals surface area contributed by atoms with Crippen molar-refractivity contribution in [3.8, 4) is 0 Å². The summed E-state index contributed by atoms with van der Waals surface area (Å²) in [6.07, 6.45) is 4.74. The van der Waals surface area contributed by atoms with E-state index in [1.54, 1.807) is 11.8 Å². The Hall–Kier alpha value is -1.16. The summed E-state index contributed by atoms with van der Waals surface area (Å²) < 4.78 is 0. The van der Waals surface area contributed by atoms with Gasteiger partial charge in [0, 0.05) is 16.6 Å². The summed E-state index contributed by atoms with van der Waals surface area (Å²) in [4.78, 5) is 15.6. The Kier molecular flexibility index (Phi) is 2.98. The fourth-order valence-electron chi connectivity index (χ4n) is 2.92. The Morgan fingerprint density at radius 3 is 2.78 bits per heavy atom. The number of hydrogen-bond acceptors (Lipinski definition) is 3. The van der Waals surface area contributed by atoms with Crippen LogP contribution in [0, 0.1) is 0 Å². The van der Waals surface area contributed by atoms with E-state index in [0.717, 1.165) is 29.1 Å². The summed E-state index contributed by atoms with van der Waals surface area (Å²) in [5.74, 6) is 0.254. The maximum absolute atomic E-state index is 12.4. The molecule has 1 saturated carbocycles. The number of anilines is 2. The molecule has 1 aromatic carbocycles. The van der Waals surface area contributed by atoms with Crippen LogP contribution >= 0.6 is 11.8 Å². The fraction of sp³-hybridized carbons (Fsp3) is 0.500. The van der Waals surface area contributed by atoms with Crippen molar-refractivity contribution in [2.45, 2.75) is 48.8 Å². The molecule has 2 aliphatic rings. The van der Waals surface area contributed by atoms with Crippen LogP contribution in [0.15, 0.2) is 23.1 Å². The second-order valence-electron chi connectivity index (χ2n) is 5.13. The van der Waals surface area contributed by atoms with Crippen LogP contribution in [0.4, 0.5) is 11.4 Å². The summed E-state index contributed by atoms with van der Waals surface area (Å²) >= 11 is 1.63. The standard InChI is InChI=1S/C14H18N2OS/c1-9-14(17)16(11-4-2-3-5-11)12-7-6-10(15)8-13(12)18-9/h6-9,11H,2-5,15H2,1H3. The second-order valence-corrected chi connectivity index (χ2v) is 6.52. The van der Waals surface area contributed by atoms with E-state index in [1.807, 2.05) is 30.0 Å². The zero-order valence-corrected chi connectivity index (χ0v) is 11.4. The van der Waals surface area contributed by atoms with Gasteiger partial charge in [-0.1, -0.05) is 12.8 Å². The van der Waals surface area contributed by atoms with Crippen LogP contribution in [0.3, 0.4) is 0 Å². The molecular weight excluding hydrogens is 244 g/mol. The maximum atomic E-state index is 12.4. The number of rotatable bonds is 1. The molecule has 0 aromatic heterocycles. The highest BCUT2D eigenvalue weighted by atomic mass is 32.2. The number of carbonyl (C=O) groups excluding carboxylic acids is 1. The normalized spacial score (nSPS) is 24.4. The zero-order valence-electron chi connectivity index (χ0n) is 10.6. The van der Waals surface area contributed by atoms with Gasteiger partial charge in [0.15, 0.2) is 0 Å². The molecule has 1 amide bonds. The zero-order chi connectivity index (χ0) is 12.7. The minimum absolute atomic E-state index is 0.0000926. The first-order chi connectivity index (χ1) is 8.66. The lowest BCUT2D eigenvalue weighted by Crippen LogP contribution is -2.45. The highest BCUT2D eigenvalue weighted by Crippen LogP contribution is 2.43. The van der Waals surface area contributed by atoms with Crippen molar-refractivity contribution < 1.29 is 4.79 Å². The Balaban J connectivity index is 2.04. The Morgan fingerprint density at radius 1 is 1.33 bits per heavy atom. The summed E-state index contributed by atoms with van der Waals surface area (Å²) in [5, 5.41) is -0.0000926. The molecule has 96 valence electrons. The van der Waals surface area contributed by atoms with Gasteiger partial charge in [0.1, 0.15) is 0 Å². The first kappa shape index (κ1) is 11.9. The number of benzene rings is 1. The third-order valence-corrected chi connectivity index (χ3v) is 4.96. The lowest BCUT2D eigenvalue weighted by atomic mass is 10.1. The number of nitrogens with zero attached hydrogens (tertiary/aromatic N) is 1.